The van der Waals surface area contributed by atoms with Crippen LogP contribution in [0, 0.1) is 5.82 Å². The molecule has 20 heavy (non-hydrogen) atoms. The van der Waals surface area contributed by atoms with E-state index in [0.717, 1.165) is 29.4 Å². The van der Waals surface area contributed by atoms with E-state index in [1.807, 2.05) is 12.1 Å². The highest BCUT2D eigenvalue weighted by molar-refractivity contribution is 9.10. The molecule has 1 atom stereocenters. The van der Waals surface area contributed by atoms with Crippen molar-refractivity contribution in [2.75, 3.05) is 6.54 Å². The second-order valence-electron chi connectivity index (χ2n) is 4.63. The van der Waals surface area contributed by atoms with E-state index in [1.165, 1.54) is 10.9 Å². The Kier molecular flexibility index (Phi) is 6.20. The maximum Gasteiger partial charge on any atom is 0.137 e. The number of rotatable bonds is 6. The first-order valence-electron chi connectivity index (χ1n) is 6.51. The predicted octanol–water partition coefficient (Wildman–Crippen LogP) is 5.70. The molecule has 0 fully saturated rings. The average molecular weight is 421 g/mol. The minimum Gasteiger partial charge on any atom is -0.309 e. The van der Waals surface area contributed by atoms with E-state index in [-0.39, 0.29) is 11.9 Å². The fourth-order valence-corrected chi connectivity index (χ4v) is 3.95. The van der Waals surface area contributed by atoms with Crippen LogP contribution in [0.15, 0.2) is 38.6 Å². The summed E-state index contributed by atoms with van der Waals surface area (Å²) in [6.45, 7) is 3.13. The van der Waals surface area contributed by atoms with Gasteiger partial charge in [0, 0.05) is 20.8 Å². The van der Waals surface area contributed by atoms with Gasteiger partial charge < -0.3 is 5.32 Å². The van der Waals surface area contributed by atoms with Crippen molar-refractivity contribution in [2.24, 2.45) is 0 Å². The lowest BCUT2D eigenvalue weighted by molar-refractivity contribution is 0.535. The lowest BCUT2D eigenvalue weighted by Crippen LogP contribution is -2.23. The molecular formula is C15H16Br2FNS. The number of hydrogen-bond donors (Lipinski definition) is 1. The summed E-state index contributed by atoms with van der Waals surface area (Å²) >= 11 is 8.49. The van der Waals surface area contributed by atoms with E-state index in [9.17, 15) is 4.39 Å². The lowest BCUT2D eigenvalue weighted by atomic mass is 10.0. The number of benzene rings is 1. The van der Waals surface area contributed by atoms with Crippen LogP contribution >= 0.6 is 43.2 Å². The Morgan fingerprint density at radius 2 is 2.10 bits per heavy atom. The molecule has 5 heteroatoms. The Hall–Kier alpha value is -0.230. The van der Waals surface area contributed by atoms with Crippen molar-refractivity contribution < 1.29 is 4.39 Å². The standard InChI is InChI=1S/C15H16Br2FNS/c1-2-5-19-14(15-8-11(16)9-20-15)7-10-3-4-13(18)12(17)6-10/h3-4,6,8-9,14,19H,2,5,7H2,1H3. The van der Waals surface area contributed by atoms with Gasteiger partial charge in [0.15, 0.2) is 0 Å². The Morgan fingerprint density at radius 3 is 2.70 bits per heavy atom. The zero-order valence-electron chi connectivity index (χ0n) is 11.1. The maximum atomic E-state index is 13.3. The summed E-state index contributed by atoms with van der Waals surface area (Å²) in [6, 6.07) is 7.64. The molecule has 0 bridgehead atoms. The summed E-state index contributed by atoms with van der Waals surface area (Å²) in [6.07, 6.45) is 1.95. The third-order valence-corrected chi connectivity index (χ3v) is 5.41. The van der Waals surface area contributed by atoms with Gasteiger partial charge in [0.2, 0.25) is 0 Å². The molecule has 0 amide bonds. The van der Waals surface area contributed by atoms with Crippen LogP contribution in [-0.2, 0) is 6.42 Å². The molecule has 108 valence electrons. The first-order chi connectivity index (χ1) is 9.60. The molecule has 0 radical (unpaired) electrons. The maximum absolute atomic E-state index is 13.3. The topological polar surface area (TPSA) is 12.0 Å². The highest BCUT2D eigenvalue weighted by atomic mass is 79.9. The highest BCUT2D eigenvalue weighted by Crippen LogP contribution is 2.29. The van der Waals surface area contributed by atoms with Gasteiger partial charge in [-0.25, -0.2) is 4.39 Å². The fraction of sp³-hybridized carbons (Fsp3) is 0.333. The third-order valence-electron chi connectivity index (χ3n) is 3.00. The van der Waals surface area contributed by atoms with E-state index in [1.54, 1.807) is 11.3 Å². The van der Waals surface area contributed by atoms with Crippen LogP contribution in [0.3, 0.4) is 0 Å². The monoisotopic (exact) mass is 419 g/mol. The molecule has 1 aromatic heterocycles. The molecule has 0 aliphatic rings. The van der Waals surface area contributed by atoms with Crippen LogP contribution in [0.25, 0.3) is 0 Å². The zero-order chi connectivity index (χ0) is 14.5. The molecule has 1 unspecified atom stereocenters. The van der Waals surface area contributed by atoms with Gasteiger partial charge in [-0.15, -0.1) is 11.3 Å². The smallest absolute Gasteiger partial charge is 0.137 e. The second-order valence-corrected chi connectivity index (χ2v) is 7.34. The van der Waals surface area contributed by atoms with Crippen molar-refractivity contribution in [1.82, 2.24) is 5.32 Å². The second kappa shape index (κ2) is 7.69. The summed E-state index contributed by atoms with van der Waals surface area (Å²) < 4.78 is 14.9. The summed E-state index contributed by atoms with van der Waals surface area (Å²) in [5, 5.41) is 5.66. The number of nitrogens with one attached hydrogen (secondary N) is 1. The number of hydrogen-bond acceptors (Lipinski definition) is 2. The molecule has 1 N–H and O–H groups in total. The molecule has 0 saturated carbocycles. The van der Waals surface area contributed by atoms with Gasteiger partial charge in [-0.05, 0) is 75.0 Å². The van der Waals surface area contributed by atoms with E-state index < -0.39 is 0 Å². The fourth-order valence-electron chi connectivity index (χ4n) is 2.01. The Labute approximate surface area is 139 Å². The molecule has 1 heterocycles. The van der Waals surface area contributed by atoms with Crippen LogP contribution < -0.4 is 5.32 Å². The van der Waals surface area contributed by atoms with Crippen LogP contribution in [0.4, 0.5) is 4.39 Å². The Balaban J connectivity index is 2.16. The third kappa shape index (κ3) is 4.38. The highest BCUT2D eigenvalue weighted by Gasteiger charge is 2.14. The molecule has 2 rings (SSSR count). The van der Waals surface area contributed by atoms with Crippen LogP contribution in [-0.4, -0.2) is 6.54 Å². The van der Waals surface area contributed by atoms with Crippen molar-refractivity contribution in [2.45, 2.75) is 25.8 Å². The molecule has 0 saturated heterocycles. The summed E-state index contributed by atoms with van der Waals surface area (Å²) in [5.41, 5.74) is 1.12. The van der Waals surface area contributed by atoms with E-state index in [2.05, 4.69) is 55.5 Å². The van der Waals surface area contributed by atoms with Gasteiger partial charge >= 0.3 is 0 Å². The van der Waals surface area contributed by atoms with Crippen molar-refractivity contribution in [3.8, 4) is 0 Å². The first-order valence-corrected chi connectivity index (χ1v) is 8.98. The molecular weight excluding hydrogens is 405 g/mol. The van der Waals surface area contributed by atoms with Gasteiger partial charge in [-0.2, -0.15) is 0 Å². The molecule has 0 aliphatic heterocycles. The molecule has 1 nitrogen and oxygen atoms in total. The SMILES string of the molecule is CCCNC(Cc1ccc(F)c(Br)c1)c1cc(Br)cs1. The largest absolute Gasteiger partial charge is 0.309 e. The van der Waals surface area contributed by atoms with E-state index >= 15 is 0 Å². The van der Waals surface area contributed by atoms with Gasteiger partial charge in [0.25, 0.3) is 0 Å². The molecule has 2 aromatic rings. The average Bonchev–Trinajstić information content (AvgIpc) is 2.85. The van der Waals surface area contributed by atoms with Gasteiger partial charge in [-0.1, -0.05) is 13.0 Å². The molecule has 0 spiro atoms. The summed E-state index contributed by atoms with van der Waals surface area (Å²) in [7, 11) is 0. The van der Waals surface area contributed by atoms with Gasteiger partial charge in [-0.3, -0.25) is 0 Å². The van der Waals surface area contributed by atoms with Crippen molar-refractivity contribution in [3.05, 3.63) is 54.8 Å². The molecule has 1 aromatic carbocycles. The van der Waals surface area contributed by atoms with Crippen molar-refractivity contribution in [1.29, 1.82) is 0 Å². The van der Waals surface area contributed by atoms with Crippen LogP contribution in [0.2, 0.25) is 0 Å². The first kappa shape index (κ1) is 16.1. The minimum atomic E-state index is -0.217. The van der Waals surface area contributed by atoms with Crippen LogP contribution in [0.5, 0.6) is 0 Å². The summed E-state index contributed by atoms with van der Waals surface area (Å²) in [4.78, 5) is 1.30. The van der Waals surface area contributed by atoms with Gasteiger partial charge in [0.05, 0.1) is 4.47 Å². The summed E-state index contributed by atoms with van der Waals surface area (Å²) in [5.74, 6) is -0.217. The zero-order valence-corrected chi connectivity index (χ0v) is 15.1. The van der Waals surface area contributed by atoms with E-state index in [0.29, 0.717) is 4.47 Å². The predicted molar refractivity (Wildman–Crippen MR) is 90.9 cm³/mol. The van der Waals surface area contributed by atoms with Crippen molar-refractivity contribution in [3.63, 3.8) is 0 Å². The lowest BCUT2D eigenvalue weighted by Gasteiger charge is -2.17. The number of halogens is 3. The number of thiophene rings is 1. The molecule has 0 aliphatic carbocycles. The van der Waals surface area contributed by atoms with E-state index in [4.69, 9.17) is 0 Å². The normalized spacial score (nSPS) is 12.6. The Bertz CT molecular complexity index is 571. The Morgan fingerprint density at radius 1 is 1.30 bits per heavy atom. The quantitative estimate of drug-likeness (QED) is 0.632. The van der Waals surface area contributed by atoms with Crippen LogP contribution in [0.1, 0.15) is 29.8 Å². The van der Waals surface area contributed by atoms with Gasteiger partial charge in [0.1, 0.15) is 5.82 Å². The minimum absolute atomic E-state index is 0.217. The van der Waals surface area contributed by atoms with Crippen molar-refractivity contribution >= 4 is 43.2 Å².